The van der Waals surface area contributed by atoms with E-state index in [1.807, 2.05) is 4.90 Å². The summed E-state index contributed by atoms with van der Waals surface area (Å²) >= 11 is 0. The fourth-order valence-electron chi connectivity index (χ4n) is 5.26. The summed E-state index contributed by atoms with van der Waals surface area (Å²) in [6.45, 7) is 5.16. The first-order chi connectivity index (χ1) is 20.9. The molecule has 0 aromatic heterocycles. The maximum Gasteiger partial charge on any atom is 0.416 e. The first kappa shape index (κ1) is 34.2. The number of benzene rings is 2. The smallest absolute Gasteiger partial charge is 0.416 e. The van der Waals surface area contributed by atoms with Crippen LogP contribution in [0.4, 0.5) is 17.6 Å². The fourth-order valence-corrected chi connectivity index (χ4v) is 6.72. The van der Waals surface area contributed by atoms with Crippen molar-refractivity contribution in [1.29, 1.82) is 0 Å². The summed E-state index contributed by atoms with van der Waals surface area (Å²) in [5, 5.41) is 13.6. The molecule has 10 nitrogen and oxygen atoms in total. The van der Waals surface area contributed by atoms with E-state index in [1.54, 1.807) is 0 Å². The van der Waals surface area contributed by atoms with Crippen molar-refractivity contribution in [3.05, 3.63) is 65.5 Å². The van der Waals surface area contributed by atoms with Gasteiger partial charge in [0, 0.05) is 64.9 Å². The average Bonchev–Trinajstić information content (AvgIpc) is 3.00. The quantitative estimate of drug-likeness (QED) is 0.299. The van der Waals surface area contributed by atoms with Crippen molar-refractivity contribution >= 4 is 16.0 Å². The minimum Gasteiger partial charge on any atom is -0.481 e. The van der Waals surface area contributed by atoms with E-state index in [-0.39, 0.29) is 17.0 Å². The van der Waals surface area contributed by atoms with Gasteiger partial charge in [0.05, 0.1) is 42.8 Å². The Bertz CT molecular complexity index is 1300. The largest absolute Gasteiger partial charge is 0.481 e. The van der Waals surface area contributed by atoms with Gasteiger partial charge in [-0.2, -0.15) is 17.5 Å². The molecule has 2 atom stereocenters. The molecule has 2 aromatic carbocycles. The van der Waals surface area contributed by atoms with Gasteiger partial charge in [-0.1, -0.05) is 12.1 Å². The van der Waals surface area contributed by atoms with Crippen LogP contribution in [0.15, 0.2) is 53.4 Å². The number of halogens is 4. The number of hydrogen-bond acceptors (Lipinski definition) is 8. The van der Waals surface area contributed by atoms with Crippen LogP contribution in [-0.4, -0.2) is 119 Å². The van der Waals surface area contributed by atoms with Crippen LogP contribution in [0.1, 0.15) is 17.2 Å². The first-order valence-corrected chi connectivity index (χ1v) is 15.9. The van der Waals surface area contributed by atoms with Crippen molar-refractivity contribution in [2.75, 3.05) is 85.3 Å². The van der Waals surface area contributed by atoms with E-state index in [0.717, 1.165) is 40.7 Å². The lowest BCUT2D eigenvalue weighted by atomic mass is 9.92. The highest BCUT2D eigenvalue weighted by atomic mass is 32.2. The standard InChI is InChI=1S/C29H38F4N4O6S/c30-24-5-7-25(8-6-24)44(40,41)37(12-11-36-15-19-43-20-16-36)21-26(28(38)39)27(34-9-10-35-13-17-42-18-14-35)22-1-3-23(4-2-22)29(31,32)33/h1-8,26-27,34H,9-21H2,(H,38,39). The molecular weight excluding hydrogens is 608 g/mol. The van der Waals surface area contributed by atoms with Gasteiger partial charge in [0.15, 0.2) is 0 Å². The lowest BCUT2D eigenvalue weighted by Gasteiger charge is -2.33. The van der Waals surface area contributed by atoms with Crippen LogP contribution in [0, 0.1) is 11.7 Å². The van der Waals surface area contributed by atoms with Crippen molar-refractivity contribution in [2.24, 2.45) is 5.92 Å². The van der Waals surface area contributed by atoms with Crippen LogP contribution in [-0.2, 0) is 30.5 Å². The molecule has 0 saturated carbocycles. The van der Waals surface area contributed by atoms with Crippen LogP contribution in [0.3, 0.4) is 0 Å². The Kier molecular flexibility index (Phi) is 12.1. The topological polar surface area (TPSA) is 112 Å². The third kappa shape index (κ3) is 9.42. The number of hydrogen-bond donors (Lipinski definition) is 2. The van der Waals surface area contributed by atoms with Gasteiger partial charge in [-0.3, -0.25) is 14.6 Å². The summed E-state index contributed by atoms with van der Waals surface area (Å²) in [5.41, 5.74) is -0.606. The van der Waals surface area contributed by atoms with Crippen LogP contribution in [0.25, 0.3) is 0 Å². The molecule has 0 bridgehead atoms. The molecule has 2 heterocycles. The fraction of sp³-hybridized carbons (Fsp3) is 0.552. The van der Waals surface area contributed by atoms with Gasteiger partial charge < -0.3 is 19.9 Å². The molecule has 4 rings (SSSR count). The molecule has 2 aliphatic rings. The number of sulfonamides is 1. The number of carboxylic acids is 1. The Morgan fingerprint density at radius 1 is 0.909 bits per heavy atom. The second kappa shape index (κ2) is 15.6. The van der Waals surface area contributed by atoms with E-state index in [1.165, 1.54) is 12.1 Å². The molecule has 44 heavy (non-hydrogen) atoms. The number of nitrogens with zero attached hydrogens (tertiary/aromatic N) is 3. The molecule has 2 saturated heterocycles. The lowest BCUT2D eigenvalue weighted by molar-refractivity contribution is -0.143. The molecule has 2 N–H and O–H groups in total. The second-order valence-electron chi connectivity index (χ2n) is 10.7. The van der Waals surface area contributed by atoms with E-state index < -0.39 is 52.1 Å². The molecule has 0 amide bonds. The Morgan fingerprint density at radius 2 is 1.45 bits per heavy atom. The van der Waals surface area contributed by atoms with E-state index in [4.69, 9.17) is 9.47 Å². The minimum atomic E-state index is -4.58. The van der Waals surface area contributed by atoms with E-state index in [0.29, 0.717) is 72.2 Å². The highest BCUT2D eigenvalue weighted by Gasteiger charge is 2.37. The summed E-state index contributed by atoms with van der Waals surface area (Å²) in [6, 6.07) is 7.46. The van der Waals surface area contributed by atoms with Crippen LogP contribution < -0.4 is 5.32 Å². The Labute approximate surface area is 254 Å². The van der Waals surface area contributed by atoms with Crippen molar-refractivity contribution in [2.45, 2.75) is 17.1 Å². The first-order valence-electron chi connectivity index (χ1n) is 14.4. The van der Waals surface area contributed by atoms with Gasteiger partial charge in [0.1, 0.15) is 5.82 Å². The molecule has 2 aliphatic heterocycles. The zero-order valence-corrected chi connectivity index (χ0v) is 25.0. The highest BCUT2D eigenvalue weighted by molar-refractivity contribution is 7.89. The number of rotatable bonds is 14. The number of alkyl halides is 3. The summed E-state index contributed by atoms with van der Waals surface area (Å²) in [7, 11) is -4.28. The lowest BCUT2D eigenvalue weighted by Crippen LogP contribution is -2.48. The molecule has 2 unspecified atom stereocenters. The van der Waals surface area contributed by atoms with Crippen LogP contribution in [0.2, 0.25) is 0 Å². The van der Waals surface area contributed by atoms with Crippen LogP contribution in [0.5, 0.6) is 0 Å². The van der Waals surface area contributed by atoms with Gasteiger partial charge in [-0.15, -0.1) is 0 Å². The number of morpholine rings is 2. The Hall–Kier alpha value is -2.66. The zero-order valence-electron chi connectivity index (χ0n) is 24.2. The van der Waals surface area contributed by atoms with E-state index >= 15 is 0 Å². The molecular formula is C29H38F4N4O6S. The average molecular weight is 647 g/mol. The predicted molar refractivity (Wildman–Crippen MR) is 153 cm³/mol. The molecule has 2 fully saturated rings. The molecule has 0 aliphatic carbocycles. The van der Waals surface area contributed by atoms with Crippen molar-refractivity contribution in [3.8, 4) is 0 Å². The summed E-state index contributed by atoms with van der Waals surface area (Å²) in [5.74, 6) is -3.32. The number of nitrogens with one attached hydrogen (secondary N) is 1. The molecule has 0 radical (unpaired) electrons. The monoisotopic (exact) mass is 646 g/mol. The van der Waals surface area contributed by atoms with Gasteiger partial charge in [0.25, 0.3) is 0 Å². The van der Waals surface area contributed by atoms with E-state index in [9.17, 15) is 35.9 Å². The third-order valence-corrected chi connectivity index (χ3v) is 9.71. The predicted octanol–water partition coefficient (Wildman–Crippen LogP) is 2.53. The normalized spacial score (nSPS) is 18.8. The van der Waals surface area contributed by atoms with Crippen molar-refractivity contribution < 1.29 is 45.4 Å². The van der Waals surface area contributed by atoms with E-state index in [2.05, 4.69) is 10.2 Å². The summed E-state index contributed by atoms with van der Waals surface area (Å²) < 4.78 is 93.0. The van der Waals surface area contributed by atoms with Gasteiger partial charge >= 0.3 is 12.1 Å². The maximum absolute atomic E-state index is 13.8. The highest BCUT2D eigenvalue weighted by Crippen LogP contribution is 2.32. The van der Waals surface area contributed by atoms with Crippen molar-refractivity contribution in [3.63, 3.8) is 0 Å². The van der Waals surface area contributed by atoms with Gasteiger partial charge in [-0.05, 0) is 42.0 Å². The molecule has 0 spiro atoms. The SMILES string of the molecule is O=C(O)C(CN(CCN1CCOCC1)S(=O)(=O)c1ccc(F)cc1)C(NCCN1CCOCC1)c1ccc(C(F)(F)F)cc1. The minimum absolute atomic E-state index is 0.0585. The summed E-state index contributed by atoms with van der Waals surface area (Å²) in [6.07, 6.45) is -4.58. The number of aliphatic carboxylic acids is 1. The number of carboxylic acid groups (broad SMARTS) is 1. The summed E-state index contributed by atoms with van der Waals surface area (Å²) in [4.78, 5) is 16.7. The Morgan fingerprint density at radius 3 is 1.98 bits per heavy atom. The third-order valence-electron chi connectivity index (χ3n) is 7.83. The van der Waals surface area contributed by atoms with Crippen molar-refractivity contribution in [1.82, 2.24) is 19.4 Å². The number of carbonyl (C=O) groups is 1. The van der Waals surface area contributed by atoms with Gasteiger partial charge in [0.2, 0.25) is 10.0 Å². The Balaban J connectivity index is 1.63. The molecule has 2 aromatic rings. The molecule has 15 heteroatoms. The van der Waals surface area contributed by atoms with Crippen LogP contribution >= 0.6 is 0 Å². The maximum atomic E-state index is 13.8. The number of ether oxygens (including phenoxy) is 2. The molecule has 244 valence electrons. The second-order valence-corrected chi connectivity index (χ2v) is 12.7. The van der Waals surface area contributed by atoms with Gasteiger partial charge in [-0.25, -0.2) is 12.8 Å². The zero-order chi connectivity index (χ0) is 31.7.